The van der Waals surface area contributed by atoms with Crippen molar-refractivity contribution in [2.45, 2.75) is 11.2 Å². The van der Waals surface area contributed by atoms with E-state index in [2.05, 4.69) is 62.2 Å². The van der Waals surface area contributed by atoms with Crippen LogP contribution >= 0.6 is 54.8 Å². The van der Waals surface area contributed by atoms with Crippen LogP contribution in [0.25, 0.3) is 0 Å². The van der Waals surface area contributed by atoms with E-state index < -0.39 is 0 Å². The van der Waals surface area contributed by atoms with E-state index in [1.807, 2.05) is 6.07 Å². The smallest absolute Gasteiger partial charge is 0.107 e. The molecule has 1 unspecified atom stereocenters. The lowest BCUT2D eigenvalue weighted by atomic mass is 10.1. The summed E-state index contributed by atoms with van der Waals surface area (Å²) in [5, 5.41) is 0. The number of benzene rings is 1. The maximum Gasteiger partial charge on any atom is 0.107 e. The van der Waals surface area contributed by atoms with Gasteiger partial charge in [-0.05, 0) is 34.0 Å². The number of halogens is 3. The highest BCUT2D eigenvalue weighted by Gasteiger charge is 2.13. The van der Waals surface area contributed by atoms with Gasteiger partial charge in [0.25, 0.3) is 0 Å². The van der Waals surface area contributed by atoms with E-state index in [0.717, 1.165) is 15.2 Å². The molecule has 16 heavy (non-hydrogen) atoms. The summed E-state index contributed by atoms with van der Waals surface area (Å²) in [5.41, 5.74) is 1.32. The van der Waals surface area contributed by atoms with E-state index in [1.54, 1.807) is 11.3 Å². The topological polar surface area (TPSA) is 0 Å². The second-order valence-electron chi connectivity index (χ2n) is 3.43. The van der Waals surface area contributed by atoms with Crippen LogP contribution in [-0.4, -0.2) is 0 Å². The van der Waals surface area contributed by atoms with Gasteiger partial charge in [-0.25, -0.2) is 0 Å². The maximum atomic E-state index is 6.03. The van der Waals surface area contributed by atoms with Crippen LogP contribution in [0.1, 0.15) is 15.3 Å². The van der Waals surface area contributed by atoms with Crippen LogP contribution in [0.2, 0.25) is 4.34 Å². The van der Waals surface area contributed by atoms with Crippen LogP contribution in [0.5, 0.6) is 0 Å². The van der Waals surface area contributed by atoms with Crippen molar-refractivity contribution in [3.8, 4) is 0 Å². The fourth-order valence-corrected chi connectivity index (χ4v) is 3.94. The molecule has 0 aliphatic rings. The predicted octanol–water partition coefficient (Wildman–Crippen LogP) is 5.84. The largest absolute Gasteiger partial charge is 0.126 e. The molecule has 4 heteroatoms. The van der Waals surface area contributed by atoms with Crippen molar-refractivity contribution in [1.29, 1.82) is 0 Å². The quantitative estimate of drug-likeness (QED) is 0.587. The predicted molar refractivity (Wildman–Crippen MR) is 78.8 cm³/mol. The average Bonchev–Trinajstić information content (AvgIpc) is 2.61. The fraction of sp³-hybridized carbons (Fsp3) is 0.167. The summed E-state index contributed by atoms with van der Waals surface area (Å²) in [7, 11) is 0. The van der Waals surface area contributed by atoms with Gasteiger partial charge in [-0.15, -0.1) is 11.3 Å². The van der Waals surface area contributed by atoms with Crippen molar-refractivity contribution in [2.24, 2.45) is 0 Å². The number of alkyl halides is 1. The fourth-order valence-electron chi connectivity index (χ4n) is 1.44. The second-order valence-corrected chi connectivity index (χ2v) is 7.07. The Morgan fingerprint density at radius 2 is 1.94 bits per heavy atom. The molecule has 0 spiro atoms. The monoisotopic (exact) mass is 378 g/mol. The Labute approximate surface area is 121 Å². The van der Waals surface area contributed by atoms with E-state index in [9.17, 15) is 0 Å². The van der Waals surface area contributed by atoms with Gasteiger partial charge in [-0.2, -0.15) is 0 Å². The first kappa shape index (κ1) is 12.6. The summed E-state index contributed by atoms with van der Waals surface area (Å²) in [6.07, 6.45) is 0.976. The first-order valence-electron chi connectivity index (χ1n) is 4.79. The number of rotatable bonds is 3. The van der Waals surface area contributed by atoms with Gasteiger partial charge in [0.05, 0.1) is 4.83 Å². The lowest BCUT2D eigenvalue weighted by molar-refractivity contribution is 0.969. The molecule has 0 bridgehead atoms. The molecule has 0 aliphatic carbocycles. The first-order valence-corrected chi connectivity index (χ1v) is 7.70. The molecule has 1 heterocycles. The minimum absolute atomic E-state index is 0.323. The molecule has 2 rings (SSSR count). The van der Waals surface area contributed by atoms with Gasteiger partial charge < -0.3 is 0 Å². The molecular formula is C12H9Br2ClS. The molecule has 0 aliphatic heterocycles. The lowest BCUT2D eigenvalue weighted by Crippen LogP contribution is -1.92. The maximum absolute atomic E-state index is 6.03. The zero-order chi connectivity index (χ0) is 11.5. The standard InChI is InChI=1S/C12H9Br2ClS/c13-9(6-8-4-2-1-3-5-8)11-7-10(14)12(15)16-11/h1-5,7,9H,6H2. The van der Waals surface area contributed by atoms with Gasteiger partial charge in [0.2, 0.25) is 0 Å². The molecule has 1 atom stereocenters. The van der Waals surface area contributed by atoms with Crippen molar-refractivity contribution in [3.63, 3.8) is 0 Å². The van der Waals surface area contributed by atoms with Crippen molar-refractivity contribution < 1.29 is 0 Å². The minimum Gasteiger partial charge on any atom is -0.126 e. The zero-order valence-electron chi connectivity index (χ0n) is 8.29. The molecule has 0 saturated heterocycles. The molecule has 2 aromatic rings. The van der Waals surface area contributed by atoms with Crippen molar-refractivity contribution in [2.75, 3.05) is 0 Å². The Morgan fingerprint density at radius 3 is 2.50 bits per heavy atom. The van der Waals surface area contributed by atoms with Gasteiger partial charge in [0, 0.05) is 9.35 Å². The lowest BCUT2D eigenvalue weighted by Gasteiger charge is -2.06. The highest BCUT2D eigenvalue weighted by molar-refractivity contribution is 9.10. The summed E-state index contributed by atoms with van der Waals surface area (Å²) in [5.74, 6) is 0. The summed E-state index contributed by atoms with van der Waals surface area (Å²) < 4.78 is 1.79. The second kappa shape index (κ2) is 5.67. The Bertz CT molecular complexity index is 448. The third-order valence-corrected chi connectivity index (χ3v) is 5.94. The van der Waals surface area contributed by atoms with Crippen molar-refractivity contribution in [3.05, 3.63) is 55.6 Å². The van der Waals surface area contributed by atoms with E-state index in [4.69, 9.17) is 11.6 Å². The highest BCUT2D eigenvalue weighted by Crippen LogP contribution is 2.39. The zero-order valence-corrected chi connectivity index (χ0v) is 13.0. The van der Waals surface area contributed by atoms with Crippen LogP contribution in [0, 0.1) is 0 Å². The van der Waals surface area contributed by atoms with E-state index in [0.29, 0.717) is 4.83 Å². The molecule has 0 saturated carbocycles. The number of hydrogen-bond donors (Lipinski definition) is 0. The van der Waals surface area contributed by atoms with Crippen LogP contribution in [0.15, 0.2) is 40.9 Å². The van der Waals surface area contributed by atoms with Crippen molar-refractivity contribution >= 4 is 54.8 Å². The summed E-state index contributed by atoms with van der Waals surface area (Å²) in [6, 6.07) is 12.5. The van der Waals surface area contributed by atoms with Gasteiger partial charge in [-0.1, -0.05) is 57.9 Å². The molecule has 0 fully saturated rings. The third-order valence-electron chi connectivity index (χ3n) is 2.23. The Hall–Kier alpha value is 0.170. The number of thiophene rings is 1. The Morgan fingerprint density at radius 1 is 1.25 bits per heavy atom. The van der Waals surface area contributed by atoms with Crippen molar-refractivity contribution in [1.82, 2.24) is 0 Å². The SMILES string of the molecule is Clc1sc(C(Br)Cc2ccccc2)cc1Br. The van der Waals surface area contributed by atoms with E-state index in [-0.39, 0.29) is 0 Å². The first-order chi connectivity index (χ1) is 7.66. The van der Waals surface area contributed by atoms with E-state index in [1.165, 1.54) is 10.4 Å². The van der Waals surface area contributed by atoms with Gasteiger partial charge in [0.15, 0.2) is 0 Å². The number of hydrogen-bond acceptors (Lipinski definition) is 1. The van der Waals surface area contributed by atoms with Gasteiger partial charge >= 0.3 is 0 Å². The van der Waals surface area contributed by atoms with Crippen LogP contribution in [0.4, 0.5) is 0 Å². The molecule has 0 radical (unpaired) electrons. The minimum atomic E-state index is 0.323. The molecule has 84 valence electrons. The van der Waals surface area contributed by atoms with E-state index >= 15 is 0 Å². The summed E-state index contributed by atoms with van der Waals surface area (Å²) in [6.45, 7) is 0. The Balaban J connectivity index is 2.11. The van der Waals surface area contributed by atoms with Gasteiger partial charge in [-0.3, -0.25) is 0 Å². The Kier molecular flexibility index (Phi) is 4.48. The summed E-state index contributed by atoms with van der Waals surface area (Å²) >= 11 is 14.8. The van der Waals surface area contributed by atoms with Gasteiger partial charge in [0.1, 0.15) is 4.34 Å². The van der Waals surface area contributed by atoms with Crippen LogP contribution in [-0.2, 0) is 6.42 Å². The normalized spacial score (nSPS) is 12.7. The molecular weight excluding hydrogens is 371 g/mol. The summed E-state index contributed by atoms with van der Waals surface area (Å²) in [4.78, 5) is 1.57. The highest BCUT2D eigenvalue weighted by atomic mass is 79.9. The average molecular weight is 381 g/mol. The molecule has 0 amide bonds. The molecule has 0 nitrogen and oxygen atoms in total. The van der Waals surface area contributed by atoms with Crippen LogP contribution in [0.3, 0.4) is 0 Å². The van der Waals surface area contributed by atoms with Crippen LogP contribution < -0.4 is 0 Å². The molecule has 0 N–H and O–H groups in total. The molecule has 1 aromatic heterocycles. The third kappa shape index (κ3) is 3.10. The molecule has 1 aromatic carbocycles.